The van der Waals surface area contributed by atoms with E-state index >= 15 is 0 Å². The zero-order valence-electron chi connectivity index (χ0n) is 11.4. The number of nitrogens with one attached hydrogen (secondary N) is 1. The Balaban J connectivity index is 2.50. The van der Waals surface area contributed by atoms with E-state index in [9.17, 15) is 9.90 Å². The van der Waals surface area contributed by atoms with Crippen molar-refractivity contribution >= 4 is 5.91 Å². The van der Waals surface area contributed by atoms with E-state index in [0.717, 1.165) is 38.5 Å². The van der Waals surface area contributed by atoms with Crippen LogP contribution in [0.5, 0.6) is 0 Å². The van der Waals surface area contributed by atoms with Crippen LogP contribution < -0.4 is 5.32 Å². The largest absolute Gasteiger partial charge is 0.391 e. The predicted octanol–water partition coefficient (Wildman–Crippen LogP) is 2.48. The molecule has 0 spiro atoms. The van der Waals surface area contributed by atoms with E-state index < -0.39 is 0 Å². The van der Waals surface area contributed by atoms with Gasteiger partial charge < -0.3 is 10.4 Å². The van der Waals surface area contributed by atoms with E-state index in [0.29, 0.717) is 5.92 Å². The van der Waals surface area contributed by atoms with Crippen LogP contribution in [0.2, 0.25) is 0 Å². The summed E-state index contributed by atoms with van der Waals surface area (Å²) in [6.45, 7) is 6.30. The molecular formula is C14H27NO2. The van der Waals surface area contributed by atoms with Crippen molar-refractivity contribution in [1.82, 2.24) is 5.32 Å². The second kappa shape index (κ2) is 7.00. The number of hydrogen-bond donors (Lipinski definition) is 2. The molecular weight excluding hydrogens is 214 g/mol. The van der Waals surface area contributed by atoms with E-state index in [-0.39, 0.29) is 24.0 Å². The fourth-order valence-corrected chi connectivity index (χ4v) is 2.65. The molecule has 100 valence electrons. The van der Waals surface area contributed by atoms with E-state index in [1.807, 2.05) is 0 Å². The molecule has 0 aliphatic heterocycles. The van der Waals surface area contributed by atoms with Crippen molar-refractivity contribution in [3.05, 3.63) is 0 Å². The first-order valence-corrected chi connectivity index (χ1v) is 7.04. The van der Waals surface area contributed by atoms with Crippen LogP contribution in [0, 0.1) is 11.8 Å². The van der Waals surface area contributed by atoms with Gasteiger partial charge in [0.15, 0.2) is 0 Å². The Labute approximate surface area is 105 Å². The van der Waals surface area contributed by atoms with Crippen molar-refractivity contribution < 1.29 is 9.90 Å². The van der Waals surface area contributed by atoms with Crippen LogP contribution >= 0.6 is 0 Å². The molecule has 1 aliphatic rings. The average molecular weight is 241 g/mol. The van der Waals surface area contributed by atoms with Gasteiger partial charge in [0, 0.05) is 5.92 Å². The van der Waals surface area contributed by atoms with E-state index in [4.69, 9.17) is 0 Å². The Morgan fingerprint density at radius 3 is 2.53 bits per heavy atom. The van der Waals surface area contributed by atoms with Gasteiger partial charge in [-0.2, -0.15) is 0 Å². The Morgan fingerprint density at radius 1 is 1.35 bits per heavy atom. The topological polar surface area (TPSA) is 49.3 Å². The van der Waals surface area contributed by atoms with Gasteiger partial charge >= 0.3 is 0 Å². The van der Waals surface area contributed by atoms with Crippen LogP contribution in [0.1, 0.15) is 59.3 Å². The molecule has 0 aromatic carbocycles. The number of carbonyl (C=O) groups excluding carboxylic acids is 1. The highest BCUT2D eigenvalue weighted by molar-refractivity contribution is 5.79. The van der Waals surface area contributed by atoms with Crippen LogP contribution in [0.3, 0.4) is 0 Å². The maximum Gasteiger partial charge on any atom is 0.223 e. The van der Waals surface area contributed by atoms with Gasteiger partial charge in [-0.05, 0) is 25.2 Å². The molecule has 0 radical (unpaired) electrons. The highest BCUT2D eigenvalue weighted by atomic mass is 16.3. The molecule has 1 fully saturated rings. The third-order valence-corrected chi connectivity index (χ3v) is 3.80. The summed E-state index contributed by atoms with van der Waals surface area (Å²) >= 11 is 0. The molecule has 0 saturated heterocycles. The van der Waals surface area contributed by atoms with E-state index in [1.54, 1.807) is 0 Å². The van der Waals surface area contributed by atoms with Gasteiger partial charge in [-0.15, -0.1) is 0 Å². The lowest BCUT2D eigenvalue weighted by Crippen LogP contribution is -2.47. The third-order valence-electron chi connectivity index (χ3n) is 3.80. The van der Waals surface area contributed by atoms with E-state index in [2.05, 4.69) is 26.1 Å². The second-order valence-electron chi connectivity index (χ2n) is 5.61. The summed E-state index contributed by atoms with van der Waals surface area (Å²) in [6.07, 6.45) is 5.56. The van der Waals surface area contributed by atoms with Gasteiger partial charge in [0.1, 0.15) is 0 Å². The van der Waals surface area contributed by atoms with Crippen molar-refractivity contribution in [2.75, 3.05) is 0 Å². The van der Waals surface area contributed by atoms with Crippen LogP contribution in [0.15, 0.2) is 0 Å². The SMILES string of the molecule is CCCC(C(=O)NC1CCCCC1O)C(C)C. The average Bonchev–Trinajstić information content (AvgIpc) is 2.28. The Morgan fingerprint density at radius 2 is 2.00 bits per heavy atom. The molecule has 0 aromatic heterocycles. The molecule has 0 aromatic rings. The normalized spacial score (nSPS) is 26.9. The molecule has 0 heterocycles. The number of aliphatic hydroxyl groups is 1. The predicted molar refractivity (Wildman–Crippen MR) is 69.6 cm³/mol. The maximum absolute atomic E-state index is 12.2. The lowest BCUT2D eigenvalue weighted by molar-refractivity contribution is -0.128. The second-order valence-corrected chi connectivity index (χ2v) is 5.61. The first-order chi connectivity index (χ1) is 8.06. The lowest BCUT2D eigenvalue weighted by atomic mass is 9.88. The highest BCUT2D eigenvalue weighted by Crippen LogP contribution is 2.21. The number of aliphatic hydroxyl groups excluding tert-OH is 1. The van der Waals surface area contributed by atoms with Gasteiger partial charge in [-0.25, -0.2) is 0 Å². The Kier molecular flexibility index (Phi) is 5.96. The molecule has 1 saturated carbocycles. The van der Waals surface area contributed by atoms with Gasteiger partial charge in [0.25, 0.3) is 0 Å². The smallest absolute Gasteiger partial charge is 0.223 e. The summed E-state index contributed by atoms with van der Waals surface area (Å²) < 4.78 is 0. The standard InChI is InChI=1S/C14H27NO2/c1-4-7-11(10(2)3)14(17)15-12-8-5-6-9-13(12)16/h10-13,16H,4-9H2,1-3H3,(H,15,17). The minimum absolute atomic E-state index is 0.0191. The van der Waals surface area contributed by atoms with Gasteiger partial charge in [-0.1, -0.05) is 40.0 Å². The molecule has 0 bridgehead atoms. The molecule has 1 rings (SSSR count). The van der Waals surface area contributed by atoms with E-state index in [1.165, 1.54) is 0 Å². The summed E-state index contributed by atoms with van der Waals surface area (Å²) in [6, 6.07) is -0.0191. The minimum Gasteiger partial charge on any atom is -0.391 e. The fourth-order valence-electron chi connectivity index (χ4n) is 2.65. The third kappa shape index (κ3) is 4.30. The van der Waals surface area contributed by atoms with Crippen LogP contribution in [-0.2, 0) is 4.79 Å². The lowest BCUT2D eigenvalue weighted by Gasteiger charge is -2.30. The van der Waals surface area contributed by atoms with Gasteiger partial charge in [-0.3, -0.25) is 4.79 Å². The summed E-state index contributed by atoms with van der Waals surface area (Å²) in [4.78, 5) is 12.2. The van der Waals surface area contributed by atoms with Crippen molar-refractivity contribution in [3.63, 3.8) is 0 Å². The molecule has 3 nitrogen and oxygen atoms in total. The summed E-state index contributed by atoms with van der Waals surface area (Å²) in [5.74, 6) is 0.595. The quantitative estimate of drug-likeness (QED) is 0.777. The van der Waals surface area contributed by atoms with Crippen molar-refractivity contribution in [3.8, 4) is 0 Å². The fraction of sp³-hybridized carbons (Fsp3) is 0.929. The Hall–Kier alpha value is -0.570. The number of rotatable bonds is 5. The maximum atomic E-state index is 12.2. The first kappa shape index (κ1) is 14.5. The molecule has 3 unspecified atom stereocenters. The first-order valence-electron chi connectivity index (χ1n) is 7.04. The molecule has 1 aliphatic carbocycles. The van der Waals surface area contributed by atoms with Gasteiger partial charge in [0.05, 0.1) is 12.1 Å². The number of carbonyl (C=O) groups is 1. The van der Waals surface area contributed by atoms with Crippen LogP contribution in [0.25, 0.3) is 0 Å². The van der Waals surface area contributed by atoms with Crippen LogP contribution in [-0.4, -0.2) is 23.2 Å². The van der Waals surface area contributed by atoms with Crippen molar-refractivity contribution in [2.24, 2.45) is 11.8 Å². The summed E-state index contributed by atoms with van der Waals surface area (Å²) in [5.41, 5.74) is 0. The highest BCUT2D eigenvalue weighted by Gasteiger charge is 2.28. The zero-order valence-corrected chi connectivity index (χ0v) is 11.4. The monoisotopic (exact) mass is 241 g/mol. The summed E-state index contributed by atoms with van der Waals surface area (Å²) in [5, 5.41) is 12.9. The van der Waals surface area contributed by atoms with Crippen molar-refractivity contribution in [1.29, 1.82) is 0 Å². The van der Waals surface area contributed by atoms with Crippen LogP contribution in [0.4, 0.5) is 0 Å². The number of hydrogen-bond acceptors (Lipinski definition) is 2. The Bertz CT molecular complexity index is 240. The number of amides is 1. The van der Waals surface area contributed by atoms with Crippen molar-refractivity contribution in [2.45, 2.75) is 71.4 Å². The zero-order chi connectivity index (χ0) is 12.8. The molecule has 3 heteroatoms. The molecule has 3 atom stereocenters. The molecule has 17 heavy (non-hydrogen) atoms. The van der Waals surface area contributed by atoms with Gasteiger partial charge in [0.2, 0.25) is 5.91 Å². The summed E-state index contributed by atoms with van der Waals surface area (Å²) in [7, 11) is 0. The molecule has 2 N–H and O–H groups in total. The minimum atomic E-state index is -0.345. The molecule has 1 amide bonds.